The molecule has 2 aliphatic rings. The summed E-state index contributed by atoms with van der Waals surface area (Å²) in [5.41, 5.74) is 0.0977. The minimum atomic E-state index is -1.20. The Kier molecular flexibility index (Phi) is 9.54. The third-order valence-corrected chi connectivity index (χ3v) is 6.87. The van der Waals surface area contributed by atoms with Crippen molar-refractivity contribution < 1.29 is 33.4 Å². The number of carbonyl (C=O) groups excluding carboxylic acids is 4. The lowest BCUT2D eigenvalue weighted by molar-refractivity contribution is -0.148. The molecule has 3 N–H and O–H groups in total. The van der Waals surface area contributed by atoms with Crippen molar-refractivity contribution in [2.24, 2.45) is 0 Å². The van der Waals surface area contributed by atoms with Crippen LogP contribution in [0, 0.1) is 0 Å². The van der Waals surface area contributed by atoms with E-state index in [0.717, 1.165) is 5.56 Å². The molecule has 2 aliphatic heterocycles. The van der Waals surface area contributed by atoms with Crippen LogP contribution in [0.5, 0.6) is 11.5 Å². The third-order valence-electron chi connectivity index (χ3n) is 6.87. The zero-order valence-electron chi connectivity index (χ0n) is 22.1. The summed E-state index contributed by atoms with van der Waals surface area (Å²) in [6.07, 6.45) is 0.850. The molecule has 0 saturated carbocycles. The second kappa shape index (κ2) is 13.2. The average Bonchev–Trinajstić information content (AvgIpc) is 2.96. The highest BCUT2D eigenvalue weighted by Gasteiger charge is 2.42. The summed E-state index contributed by atoms with van der Waals surface area (Å²) in [7, 11) is 0. The van der Waals surface area contributed by atoms with Gasteiger partial charge in [-0.05, 0) is 56.6 Å². The molecular formula is C29H35N3O7. The van der Waals surface area contributed by atoms with Crippen molar-refractivity contribution in [2.45, 2.75) is 50.6 Å². The normalized spacial score (nSPS) is 16.4. The van der Waals surface area contributed by atoms with Crippen molar-refractivity contribution in [3.05, 3.63) is 59.7 Å². The van der Waals surface area contributed by atoms with Gasteiger partial charge in [0.2, 0.25) is 11.8 Å². The van der Waals surface area contributed by atoms with E-state index in [9.17, 15) is 19.2 Å². The number of benzene rings is 2. The molecule has 4 rings (SSSR count). The first-order valence-corrected chi connectivity index (χ1v) is 13.4. The van der Waals surface area contributed by atoms with Crippen LogP contribution in [0.2, 0.25) is 0 Å². The molecule has 2 aromatic carbocycles. The topological polar surface area (TPSA) is 132 Å². The summed E-state index contributed by atoms with van der Waals surface area (Å²) in [4.78, 5) is 52.1. The molecule has 1 atom stereocenters. The van der Waals surface area contributed by atoms with Gasteiger partial charge < -0.3 is 30.2 Å². The van der Waals surface area contributed by atoms with Crippen LogP contribution in [-0.2, 0) is 25.5 Å². The molecular weight excluding hydrogens is 502 g/mol. The van der Waals surface area contributed by atoms with Crippen molar-refractivity contribution in [2.75, 3.05) is 32.9 Å². The summed E-state index contributed by atoms with van der Waals surface area (Å²) >= 11 is 0. The van der Waals surface area contributed by atoms with E-state index in [0.29, 0.717) is 56.2 Å². The first kappa shape index (κ1) is 28.1. The van der Waals surface area contributed by atoms with Gasteiger partial charge in [-0.15, -0.1) is 0 Å². The van der Waals surface area contributed by atoms with E-state index in [-0.39, 0.29) is 31.7 Å². The Morgan fingerprint density at radius 3 is 2.41 bits per heavy atom. The number of Topliss-reactive ketones (excluding diaryl/α,β-unsaturated/α-hetero) is 1. The maximum absolute atomic E-state index is 13.6. The van der Waals surface area contributed by atoms with Gasteiger partial charge in [-0.3, -0.25) is 14.4 Å². The monoisotopic (exact) mass is 537 g/mol. The zero-order chi connectivity index (χ0) is 27.7. The average molecular weight is 538 g/mol. The largest absolute Gasteiger partial charge is 0.486 e. The van der Waals surface area contributed by atoms with E-state index in [1.807, 2.05) is 30.3 Å². The van der Waals surface area contributed by atoms with Gasteiger partial charge in [0.25, 0.3) is 0 Å². The Morgan fingerprint density at radius 1 is 0.974 bits per heavy atom. The first-order valence-electron chi connectivity index (χ1n) is 13.4. The fourth-order valence-corrected chi connectivity index (χ4v) is 4.76. The van der Waals surface area contributed by atoms with Crippen molar-refractivity contribution in [3.8, 4) is 11.5 Å². The van der Waals surface area contributed by atoms with Gasteiger partial charge in [-0.25, -0.2) is 4.79 Å². The molecule has 2 heterocycles. The number of ether oxygens (including phenoxy) is 3. The lowest BCUT2D eigenvalue weighted by Gasteiger charge is -2.38. The first-order chi connectivity index (χ1) is 18.9. The number of esters is 1. The molecule has 208 valence electrons. The number of carbonyl (C=O) groups is 4. The highest BCUT2D eigenvalue weighted by molar-refractivity contribution is 5.99. The van der Waals surface area contributed by atoms with E-state index < -0.39 is 29.4 Å². The molecule has 10 heteroatoms. The summed E-state index contributed by atoms with van der Waals surface area (Å²) in [6.45, 7) is 3.80. The van der Waals surface area contributed by atoms with E-state index in [1.165, 1.54) is 0 Å². The minimum absolute atomic E-state index is 0.0269. The number of nitrogens with one attached hydrogen (secondary N) is 3. The Bertz CT molecular complexity index is 1180. The molecule has 2 amide bonds. The fourth-order valence-electron chi connectivity index (χ4n) is 4.76. The summed E-state index contributed by atoms with van der Waals surface area (Å²) in [5.74, 6) is -0.499. The maximum atomic E-state index is 13.6. The van der Waals surface area contributed by atoms with Gasteiger partial charge in [-0.1, -0.05) is 30.3 Å². The lowest BCUT2D eigenvalue weighted by Crippen LogP contribution is -2.64. The van der Waals surface area contributed by atoms with Crippen LogP contribution < -0.4 is 25.4 Å². The number of amides is 2. The van der Waals surface area contributed by atoms with Gasteiger partial charge >= 0.3 is 5.97 Å². The third kappa shape index (κ3) is 7.35. The van der Waals surface area contributed by atoms with Crippen LogP contribution in [0.4, 0.5) is 0 Å². The number of rotatable bonds is 11. The van der Waals surface area contributed by atoms with Crippen LogP contribution >= 0.6 is 0 Å². The SMILES string of the molecule is CCOC(=O)C(Cc1ccccc1)NC(=O)C1(NC(=O)CCC(=O)c2ccc3c(c2)OCCO3)CCNCC1. The lowest BCUT2D eigenvalue weighted by atomic mass is 9.86. The van der Waals surface area contributed by atoms with Crippen molar-refractivity contribution in [1.82, 2.24) is 16.0 Å². The smallest absolute Gasteiger partial charge is 0.328 e. The van der Waals surface area contributed by atoms with E-state index in [4.69, 9.17) is 14.2 Å². The molecule has 1 saturated heterocycles. The van der Waals surface area contributed by atoms with Crippen molar-refractivity contribution in [3.63, 3.8) is 0 Å². The molecule has 2 aromatic rings. The van der Waals surface area contributed by atoms with E-state index >= 15 is 0 Å². The summed E-state index contributed by atoms with van der Waals surface area (Å²) in [5, 5.41) is 8.93. The van der Waals surface area contributed by atoms with Gasteiger partial charge in [0.05, 0.1) is 6.61 Å². The van der Waals surface area contributed by atoms with Crippen LogP contribution in [0.1, 0.15) is 48.5 Å². The molecule has 1 fully saturated rings. The molecule has 0 aromatic heterocycles. The predicted molar refractivity (Wildman–Crippen MR) is 143 cm³/mol. The van der Waals surface area contributed by atoms with Gasteiger partial charge in [0.1, 0.15) is 24.8 Å². The standard InChI is InChI=1S/C29H35N3O7/c1-2-37-27(35)22(18-20-6-4-3-5-7-20)31-28(36)29(12-14-30-15-13-29)32-26(34)11-9-23(33)21-8-10-24-25(19-21)39-17-16-38-24/h3-8,10,19,22,30H,2,9,11-18H2,1H3,(H,31,36)(H,32,34). The summed E-state index contributed by atoms with van der Waals surface area (Å²) in [6, 6.07) is 13.4. The van der Waals surface area contributed by atoms with Crippen LogP contribution in [0.3, 0.4) is 0 Å². The Morgan fingerprint density at radius 2 is 1.69 bits per heavy atom. The number of ketones is 1. The van der Waals surface area contributed by atoms with Crippen molar-refractivity contribution in [1.29, 1.82) is 0 Å². The Hall–Kier alpha value is -3.92. The second-order valence-corrected chi connectivity index (χ2v) is 9.63. The fraction of sp³-hybridized carbons (Fsp3) is 0.448. The van der Waals surface area contributed by atoms with Crippen molar-refractivity contribution >= 4 is 23.6 Å². The highest BCUT2D eigenvalue weighted by atomic mass is 16.6. The minimum Gasteiger partial charge on any atom is -0.486 e. The Labute approximate surface area is 227 Å². The maximum Gasteiger partial charge on any atom is 0.328 e. The van der Waals surface area contributed by atoms with E-state index in [2.05, 4.69) is 16.0 Å². The predicted octanol–water partition coefficient (Wildman–Crippen LogP) is 1.95. The summed E-state index contributed by atoms with van der Waals surface area (Å²) < 4.78 is 16.2. The van der Waals surface area contributed by atoms with Crippen LogP contribution in [0.25, 0.3) is 0 Å². The number of fused-ring (bicyclic) bond motifs is 1. The molecule has 39 heavy (non-hydrogen) atoms. The quantitative estimate of drug-likeness (QED) is 0.293. The van der Waals surface area contributed by atoms with Gasteiger partial charge in [0.15, 0.2) is 17.3 Å². The highest BCUT2D eigenvalue weighted by Crippen LogP contribution is 2.31. The molecule has 1 unspecified atom stereocenters. The van der Waals surface area contributed by atoms with Gasteiger partial charge in [-0.2, -0.15) is 0 Å². The Balaban J connectivity index is 1.40. The molecule has 10 nitrogen and oxygen atoms in total. The van der Waals surface area contributed by atoms with E-state index in [1.54, 1.807) is 25.1 Å². The second-order valence-electron chi connectivity index (χ2n) is 9.63. The molecule has 0 bridgehead atoms. The van der Waals surface area contributed by atoms with Crippen LogP contribution in [0.15, 0.2) is 48.5 Å². The molecule has 0 spiro atoms. The number of piperidine rings is 1. The van der Waals surface area contributed by atoms with Gasteiger partial charge in [0, 0.05) is 24.8 Å². The molecule has 0 aliphatic carbocycles. The zero-order valence-corrected chi connectivity index (χ0v) is 22.1. The van der Waals surface area contributed by atoms with Crippen LogP contribution in [-0.4, -0.2) is 68.1 Å². The number of hydrogen-bond donors (Lipinski definition) is 3. The molecule has 0 radical (unpaired) electrons. The number of hydrogen-bond acceptors (Lipinski definition) is 8.